The van der Waals surface area contributed by atoms with Crippen LogP contribution in [0.15, 0.2) is 23.1 Å². The van der Waals surface area contributed by atoms with Crippen LogP contribution in [0.25, 0.3) is 0 Å². The van der Waals surface area contributed by atoms with Gasteiger partial charge in [0.05, 0.1) is 24.3 Å². The van der Waals surface area contributed by atoms with Crippen LogP contribution in [0.4, 0.5) is 13.2 Å². The van der Waals surface area contributed by atoms with Gasteiger partial charge in [-0.3, -0.25) is 9.59 Å². The lowest BCUT2D eigenvalue weighted by Crippen LogP contribution is -2.51. The Hall–Kier alpha value is -1.83. The lowest BCUT2D eigenvalue weighted by atomic mass is 10.2. The van der Waals surface area contributed by atoms with Gasteiger partial charge in [0.2, 0.25) is 5.91 Å². The van der Waals surface area contributed by atoms with Crippen LogP contribution in [-0.2, 0) is 22.3 Å². The Morgan fingerprint density at radius 2 is 2.05 bits per heavy atom. The summed E-state index contributed by atoms with van der Waals surface area (Å²) in [5.74, 6) is -0.399. The van der Waals surface area contributed by atoms with Crippen LogP contribution in [-0.4, -0.2) is 40.7 Å². The molecule has 0 spiro atoms. The first kappa shape index (κ1) is 16.5. The highest BCUT2D eigenvalue weighted by Crippen LogP contribution is 2.28. The van der Waals surface area contributed by atoms with Crippen molar-refractivity contribution in [2.75, 3.05) is 13.2 Å². The molecular weight excluding hydrogens is 301 g/mol. The fourth-order valence-corrected chi connectivity index (χ4v) is 2.31. The van der Waals surface area contributed by atoms with Crippen molar-refractivity contribution in [3.63, 3.8) is 0 Å². The first-order valence-corrected chi connectivity index (χ1v) is 6.87. The van der Waals surface area contributed by atoms with E-state index in [1.807, 2.05) is 6.92 Å². The number of carbonyl (C=O) groups excluding carboxylic acids is 1. The number of alkyl halides is 3. The molecule has 0 unspecified atom stereocenters. The van der Waals surface area contributed by atoms with Gasteiger partial charge in [-0.2, -0.15) is 13.2 Å². The SMILES string of the molecule is C[C@H]1CN(C(=O)Cn2cc(C(F)(F)F)ccc2=O)[C@@H](C)CO1. The summed E-state index contributed by atoms with van der Waals surface area (Å²) in [5, 5.41) is 0. The molecule has 0 saturated carbocycles. The van der Waals surface area contributed by atoms with E-state index in [1.165, 1.54) is 4.90 Å². The fourth-order valence-electron chi connectivity index (χ4n) is 2.31. The number of ether oxygens (including phenoxy) is 1. The van der Waals surface area contributed by atoms with Crippen LogP contribution in [0.3, 0.4) is 0 Å². The average Bonchev–Trinajstić information content (AvgIpc) is 2.42. The van der Waals surface area contributed by atoms with E-state index in [1.54, 1.807) is 6.92 Å². The Morgan fingerprint density at radius 3 is 2.68 bits per heavy atom. The number of hydrogen-bond donors (Lipinski definition) is 0. The molecule has 1 aromatic rings. The second-order valence-corrected chi connectivity index (χ2v) is 5.42. The second-order valence-electron chi connectivity index (χ2n) is 5.42. The zero-order chi connectivity index (χ0) is 16.5. The molecule has 2 heterocycles. The van der Waals surface area contributed by atoms with Crippen molar-refractivity contribution in [1.29, 1.82) is 0 Å². The van der Waals surface area contributed by atoms with Crippen LogP contribution < -0.4 is 5.56 Å². The molecule has 8 heteroatoms. The van der Waals surface area contributed by atoms with E-state index in [0.717, 1.165) is 10.6 Å². The minimum atomic E-state index is -4.56. The molecule has 0 N–H and O–H groups in total. The van der Waals surface area contributed by atoms with Gasteiger partial charge in [-0.25, -0.2) is 0 Å². The van der Waals surface area contributed by atoms with Gasteiger partial charge in [0.25, 0.3) is 5.56 Å². The van der Waals surface area contributed by atoms with E-state index in [9.17, 15) is 22.8 Å². The molecule has 0 aliphatic carbocycles. The fraction of sp³-hybridized carbons (Fsp3) is 0.571. The Bertz CT molecular complexity index is 612. The molecular formula is C14H17F3N2O3. The molecule has 0 aromatic carbocycles. The van der Waals surface area contributed by atoms with E-state index >= 15 is 0 Å². The third kappa shape index (κ3) is 3.68. The van der Waals surface area contributed by atoms with Crippen molar-refractivity contribution in [2.45, 2.75) is 38.7 Å². The molecule has 1 aliphatic heterocycles. The number of aromatic nitrogens is 1. The maximum absolute atomic E-state index is 12.7. The molecule has 2 atom stereocenters. The van der Waals surface area contributed by atoms with Crippen molar-refractivity contribution in [1.82, 2.24) is 9.47 Å². The predicted molar refractivity (Wildman–Crippen MR) is 72.3 cm³/mol. The number of nitrogens with zero attached hydrogens (tertiary/aromatic N) is 2. The monoisotopic (exact) mass is 318 g/mol. The molecule has 1 fully saturated rings. The molecule has 22 heavy (non-hydrogen) atoms. The molecule has 0 radical (unpaired) electrons. The summed E-state index contributed by atoms with van der Waals surface area (Å²) < 4.78 is 44.2. The number of morpholine rings is 1. The summed E-state index contributed by atoms with van der Waals surface area (Å²) in [4.78, 5) is 25.5. The highest BCUT2D eigenvalue weighted by Gasteiger charge is 2.32. The van der Waals surface area contributed by atoms with Gasteiger partial charge in [0, 0.05) is 18.8 Å². The molecule has 1 aromatic heterocycles. The molecule has 5 nitrogen and oxygen atoms in total. The summed E-state index contributed by atoms with van der Waals surface area (Å²) in [6, 6.07) is 1.36. The minimum absolute atomic E-state index is 0.140. The molecule has 0 bridgehead atoms. The van der Waals surface area contributed by atoms with Gasteiger partial charge >= 0.3 is 6.18 Å². The zero-order valence-corrected chi connectivity index (χ0v) is 12.3. The first-order chi connectivity index (χ1) is 10.2. The Balaban J connectivity index is 2.19. The lowest BCUT2D eigenvalue weighted by Gasteiger charge is -2.37. The van der Waals surface area contributed by atoms with Crippen molar-refractivity contribution >= 4 is 5.91 Å². The normalized spacial score (nSPS) is 22.7. The standard InChI is InChI=1S/C14H17F3N2O3/c1-9-8-22-10(2)5-19(9)13(21)7-18-6-11(14(15,16)17)3-4-12(18)20/h3-4,6,9-10H,5,7-8H2,1-2H3/t9-,10-/m0/s1. The van der Waals surface area contributed by atoms with Crippen molar-refractivity contribution in [3.05, 3.63) is 34.2 Å². The predicted octanol–water partition coefficient (Wildman–Crippen LogP) is 1.50. The zero-order valence-electron chi connectivity index (χ0n) is 12.3. The highest BCUT2D eigenvalue weighted by molar-refractivity contribution is 5.76. The van der Waals surface area contributed by atoms with E-state index in [-0.39, 0.29) is 12.1 Å². The Labute approximate surface area is 125 Å². The van der Waals surface area contributed by atoms with Crippen LogP contribution in [0.5, 0.6) is 0 Å². The number of halogens is 3. The van der Waals surface area contributed by atoms with Crippen LogP contribution in [0.2, 0.25) is 0 Å². The summed E-state index contributed by atoms with van der Waals surface area (Å²) in [6.07, 6.45) is -4.02. The van der Waals surface area contributed by atoms with E-state index in [2.05, 4.69) is 0 Å². The van der Waals surface area contributed by atoms with Crippen LogP contribution >= 0.6 is 0 Å². The third-order valence-corrected chi connectivity index (χ3v) is 3.54. The average molecular weight is 318 g/mol. The maximum atomic E-state index is 12.7. The largest absolute Gasteiger partial charge is 0.417 e. The summed E-state index contributed by atoms with van der Waals surface area (Å²) in [7, 11) is 0. The second kappa shape index (κ2) is 6.12. The van der Waals surface area contributed by atoms with Gasteiger partial charge in [0.15, 0.2) is 0 Å². The van der Waals surface area contributed by atoms with Crippen LogP contribution in [0.1, 0.15) is 19.4 Å². The topological polar surface area (TPSA) is 51.5 Å². The molecule has 1 saturated heterocycles. The summed E-state index contributed by atoms with van der Waals surface area (Å²) in [6.45, 7) is 3.90. The number of amides is 1. The quantitative estimate of drug-likeness (QED) is 0.830. The minimum Gasteiger partial charge on any atom is -0.375 e. The van der Waals surface area contributed by atoms with Gasteiger partial charge in [-0.1, -0.05) is 0 Å². The number of carbonyl (C=O) groups is 1. The van der Waals surface area contributed by atoms with E-state index in [0.29, 0.717) is 25.4 Å². The Morgan fingerprint density at radius 1 is 1.36 bits per heavy atom. The van der Waals surface area contributed by atoms with Crippen molar-refractivity contribution in [3.8, 4) is 0 Å². The van der Waals surface area contributed by atoms with Crippen LogP contribution in [0, 0.1) is 0 Å². The third-order valence-electron chi connectivity index (χ3n) is 3.54. The van der Waals surface area contributed by atoms with E-state index in [4.69, 9.17) is 4.74 Å². The first-order valence-electron chi connectivity index (χ1n) is 6.87. The molecule has 122 valence electrons. The highest BCUT2D eigenvalue weighted by atomic mass is 19.4. The number of rotatable bonds is 2. The van der Waals surface area contributed by atoms with Gasteiger partial charge in [0.1, 0.15) is 6.54 Å². The maximum Gasteiger partial charge on any atom is 0.417 e. The lowest BCUT2D eigenvalue weighted by molar-refractivity contribution is -0.144. The van der Waals surface area contributed by atoms with Crippen molar-refractivity contribution in [2.24, 2.45) is 0 Å². The summed E-state index contributed by atoms with van der Waals surface area (Å²) in [5.41, 5.74) is -1.60. The smallest absolute Gasteiger partial charge is 0.375 e. The van der Waals surface area contributed by atoms with Gasteiger partial charge in [-0.15, -0.1) is 0 Å². The number of hydrogen-bond acceptors (Lipinski definition) is 3. The Kier molecular flexibility index (Phi) is 4.60. The summed E-state index contributed by atoms with van der Waals surface area (Å²) >= 11 is 0. The molecule has 1 aliphatic rings. The van der Waals surface area contributed by atoms with Gasteiger partial charge in [-0.05, 0) is 19.9 Å². The number of pyridine rings is 1. The van der Waals surface area contributed by atoms with Gasteiger partial charge < -0.3 is 14.2 Å². The molecule has 1 amide bonds. The molecule has 2 rings (SSSR count). The van der Waals surface area contributed by atoms with E-state index < -0.39 is 29.8 Å². The van der Waals surface area contributed by atoms with Crippen molar-refractivity contribution < 1.29 is 22.7 Å².